The molecule has 198 valence electrons. The van der Waals surface area contributed by atoms with E-state index in [0.717, 1.165) is 16.7 Å². The summed E-state index contributed by atoms with van der Waals surface area (Å²) in [5.74, 6) is 0.651. The molecule has 3 atom stereocenters. The second-order valence-electron chi connectivity index (χ2n) is 9.70. The molecular weight excluding hydrogens is 476 g/mol. The van der Waals surface area contributed by atoms with Crippen molar-refractivity contribution >= 4 is 0 Å². The lowest BCUT2D eigenvalue weighted by atomic mass is 9.98. The lowest BCUT2D eigenvalue weighted by Gasteiger charge is -2.33. The minimum absolute atomic E-state index is 0.291. The average molecular weight is 512 g/mol. The van der Waals surface area contributed by atoms with Gasteiger partial charge in [-0.25, -0.2) is 8.78 Å². The fourth-order valence-electron chi connectivity index (χ4n) is 4.94. The van der Waals surface area contributed by atoms with Crippen molar-refractivity contribution in [3.05, 3.63) is 95.1 Å². The molecule has 5 nitrogen and oxygen atoms in total. The molecule has 0 saturated heterocycles. The van der Waals surface area contributed by atoms with Crippen molar-refractivity contribution in [3.63, 3.8) is 0 Å². The first kappa shape index (κ1) is 27.0. The molecule has 3 aromatic carbocycles. The minimum Gasteiger partial charge on any atom is -0.496 e. The van der Waals surface area contributed by atoms with Crippen LogP contribution in [0.4, 0.5) is 8.78 Å². The Bertz CT molecular complexity index is 1140. The second kappa shape index (κ2) is 13.0. The Balaban J connectivity index is 1.35. The van der Waals surface area contributed by atoms with E-state index >= 15 is 0 Å². The number of benzene rings is 3. The number of hydrogen-bond acceptors (Lipinski definition) is 5. The van der Waals surface area contributed by atoms with Crippen LogP contribution in [0.2, 0.25) is 0 Å². The van der Waals surface area contributed by atoms with Crippen molar-refractivity contribution in [2.24, 2.45) is 0 Å². The summed E-state index contributed by atoms with van der Waals surface area (Å²) in [4.78, 5) is 2.04. The highest BCUT2D eigenvalue weighted by Crippen LogP contribution is 2.29. The standard InChI is InChI=1S/C30H35F2NO4/c1-36-28-14-11-24(31)16-22(28)8-5-9-26(34)19-33(18-21-6-3-2-4-7-21)20-27(35)30-13-10-23-17-25(32)12-15-29(23)37-30/h2-4,6-7,11-12,14-17,26-27,30,34-35H,5,8-10,13,18-20H2,1H3. The molecule has 0 fully saturated rings. The SMILES string of the molecule is COc1ccc(F)cc1CCCC(O)CN(Cc1ccccc1)CC(O)C1CCc2cc(F)ccc2O1. The molecule has 37 heavy (non-hydrogen) atoms. The third-order valence-electron chi connectivity index (χ3n) is 6.82. The van der Waals surface area contributed by atoms with E-state index in [1.54, 1.807) is 19.2 Å². The number of aliphatic hydroxyl groups is 2. The lowest BCUT2D eigenvalue weighted by molar-refractivity contribution is -0.00914. The van der Waals surface area contributed by atoms with Crippen molar-refractivity contribution in [2.45, 2.75) is 57.0 Å². The monoisotopic (exact) mass is 511 g/mol. The lowest BCUT2D eigenvalue weighted by Crippen LogP contribution is -2.45. The Morgan fingerprint density at radius 2 is 1.76 bits per heavy atom. The van der Waals surface area contributed by atoms with E-state index in [2.05, 4.69) is 0 Å². The Morgan fingerprint density at radius 3 is 2.54 bits per heavy atom. The van der Waals surface area contributed by atoms with Crippen LogP contribution >= 0.6 is 0 Å². The van der Waals surface area contributed by atoms with Crippen LogP contribution in [0.1, 0.15) is 36.0 Å². The number of aryl methyl sites for hydroxylation is 2. The largest absolute Gasteiger partial charge is 0.496 e. The zero-order chi connectivity index (χ0) is 26.2. The van der Waals surface area contributed by atoms with Crippen LogP contribution in [-0.4, -0.2) is 53.6 Å². The first-order chi connectivity index (χ1) is 17.9. The van der Waals surface area contributed by atoms with Crippen molar-refractivity contribution in [3.8, 4) is 11.5 Å². The maximum atomic E-state index is 13.7. The number of fused-ring (bicyclic) bond motifs is 1. The molecule has 0 amide bonds. The van der Waals surface area contributed by atoms with Crippen molar-refractivity contribution in [1.82, 2.24) is 4.90 Å². The normalized spacial score (nSPS) is 16.6. The fourth-order valence-corrected chi connectivity index (χ4v) is 4.94. The summed E-state index contributed by atoms with van der Waals surface area (Å²) < 4.78 is 38.5. The molecule has 0 aliphatic carbocycles. The molecule has 4 rings (SSSR count). The molecular formula is C30H35F2NO4. The van der Waals surface area contributed by atoms with Crippen LogP contribution in [0, 0.1) is 11.6 Å². The van der Waals surface area contributed by atoms with Crippen molar-refractivity contribution in [2.75, 3.05) is 20.2 Å². The molecule has 0 bridgehead atoms. The zero-order valence-corrected chi connectivity index (χ0v) is 21.2. The molecule has 2 N–H and O–H groups in total. The molecule has 3 unspecified atom stereocenters. The highest BCUT2D eigenvalue weighted by molar-refractivity contribution is 5.36. The van der Waals surface area contributed by atoms with Gasteiger partial charge in [-0.05, 0) is 85.2 Å². The van der Waals surface area contributed by atoms with Gasteiger partial charge in [0.25, 0.3) is 0 Å². The number of rotatable bonds is 12. The highest BCUT2D eigenvalue weighted by Gasteiger charge is 2.28. The number of hydrogen-bond donors (Lipinski definition) is 2. The molecule has 0 saturated carbocycles. The van der Waals surface area contributed by atoms with Gasteiger partial charge in [0.1, 0.15) is 35.3 Å². The maximum Gasteiger partial charge on any atom is 0.126 e. The van der Waals surface area contributed by atoms with Gasteiger partial charge in [-0.1, -0.05) is 30.3 Å². The molecule has 7 heteroatoms. The Morgan fingerprint density at radius 1 is 1.00 bits per heavy atom. The predicted octanol–water partition coefficient (Wildman–Crippen LogP) is 4.91. The minimum atomic E-state index is -0.773. The number of ether oxygens (including phenoxy) is 2. The van der Waals surface area contributed by atoms with Crippen LogP contribution in [0.3, 0.4) is 0 Å². The van der Waals surface area contributed by atoms with Gasteiger partial charge >= 0.3 is 0 Å². The summed E-state index contributed by atoms with van der Waals surface area (Å²) in [5.41, 5.74) is 2.67. The molecule has 1 heterocycles. The molecule has 1 aliphatic heterocycles. The summed E-state index contributed by atoms with van der Waals surface area (Å²) in [5, 5.41) is 21.9. The van der Waals surface area contributed by atoms with E-state index in [4.69, 9.17) is 9.47 Å². The molecule has 1 aliphatic rings. The van der Waals surface area contributed by atoms with Gasteiger partial charge < -0.3 is 19.7 Å². The molecule has 3 aromatic rings. The van der Waals surface area contributed by atoms with Gasteiger partial charge in [-0.2, -0.15) is 0 Å². The van der Waals surface area contributed by atoms with Crippen LogP contribution in [0.25, 0.3) is 0 Å². The van der Waals surface area contributed by atoms with Crippen LogP contribution in [-0.2, 0) is 19.4 Å². The van der Waals surface area contributed by atoms with Crippen LogP contribution < -0.4 is 9.47 Å². The summed E-state index contributed by atoms with van der Waals surface area (Å²) in [7, 11) is 1.56. The van der Waals surface area contributed by atoms with Gasteiger partial charge in [0.15, 0.2) is 0 Å². The molecule has 0 radical (unpaired) electrons. The van der Waals surface area contributed by atoms with Crippen LogP contribution in [0.5, 0.6) is 11.5 Å². The zero-order valence-electron chi connectivity index (χ0n) is 21.2. The Labute approximate surface area is 217 Å². The van der Waals surface area contributed by atoms with Crippen molar-refractivity contribution in [1.29, 1.82) is 0 Å². The van der Waals surface area contributed by atoms with E-state index in [1.165, 1.54) is 24.3 Å². The third kappa shape index (κ3) is 7.74. The van der Waals surface area contributed by atoms with Gasteiger partial charge in [0.05, 0.1) is 13.2 Å². The van der Waals surface area contributed by atoms with Crippen molar-refractivity contribution < 1.29 is 28.5 Å². The fraction of sp³-hybridized carbons (Fsp3) is 0.400. The van der Waals surface area contributed by atoms with E-state index in [1.807, 2.05) is 35.2 Å². The number of halogens is 2. The number of methoxy groups -OCH3 is 1. The van der Waals surface area contributed by atoms with E-state index in [9.17, 15) is 19.0 Å². The summed E-state index contributed by atoms with van der Waals surface area (Å²) in [6, 6.07) is 18.8. The van der Waals surface area contributed by atoms with Gasteiger partial charge in [0, 0.05) is 19.6 Å². The predicted molar refractivity (Wildman–Crippen MR) is 139 cm³/mol. The van der Waals surface area contributed by atoms with E-state index in [0.29, 0.717) is 63.2 Å². The van der Waals surface area contributed by atoms with Gasteiger partial charge in [0.2, 0.25) is 0 Å². The third-order valence-corrected chi connectivity index (χ3v) is 6.82. The van der Waals surface area contributed by atoms with Crippen LogP contribution in [0.15, 0.2) is 66.7 Å². The summed E-state index contributed by atoms with van der Waals surface area (Å²) in [6.07, 6.45) is 1.22. The quantitative estimate of drug-likeness (QED) is 0.362. The first-order valence-electron chi connectivity index (χ1n) is 12.8. The maximum absolute atomic E-state index is 13.7. The Hall–Kier alpha value is -3.00. The second-order valence-corrected chi connectivity index (χ2v) is 9.70. The Kier molecular flexibility index (Phi) is 9.50. The molecule has 0 spiro atoms. The van der Waals surface area contributed by atoms with E-state index in [-0.39, 0.29) is 11.6 Å². The smallest absolute Gasteiger partial charge is 0.126 e. The van der Waals surface area contributed by atoms with E-state index < -0.39 is 18.3 Å². The summed E-state index contributed by atoms with van der Waals surface area (Å²) >= 11 is 0. The highest BCUT2D eigenvalue weighted by atomic mass is 19.1. The first-order valence-corrected chi connectivity index (χ1v) is 12.8. The summed E-state index contributed by atoms with van der Waals surface area (Å²) in [6.45, 7) is 1.27. The number of nitrogens with zero attached hydrogens (tertiary/aromatic N) is 1. The molecule has 0 aromatic heterocycles. The van der Waals surface area contributed by atoms with Gasteiger partial charge in [-0.3, -0.25) is 4.90 Å². The topological polar surface area (TPSA) is 62.2 Å². The average Bonchev–Trinajstić information content (AvgIpc) is 2.89. The number of aliphatic hydroxyl groups excluding tert-OH is 2. The van der Waals surface area contributed by atoms with Gasteiger partial charge in [-0.15, -0.1) is 0 Å².